The highest BCUT2D eigenvalue weighted by Gasteiger charge is 2.46. The molecule has 0 radical (unpaired) electrons. The summed E-state index contributed by atoms with van der Waals surface area (Å²) < 4.78 is 47.2. The molecule has 1 N–H and O–H groups in total. The number of amides is 1. The van der Waals surface area contributed by atoms with Crippen molar-refractivity contribution in [2.24, 2.45) is 5.11 Å². The van der Waals surface area contributed by atoms with Crippen LogP contribution in [0.1, 0.15) is 30.2 Å². The average Bonchev–Trinajstić information content (AvgIpc) is 3.56. The van der Waals surface area contributed by atoms with Crippen LogP contribution in [0.25, 0.3) is 21.4 Å². The monoisotopic (exact) mass is 531 g/mol. The lowest BCUT2D eigenvalue weighted by molar-refractivity contribution is -0.150. The number of carbonyl (C=O) groups excluding carboxylic acids is 1. The SMILES string of the molecule is [N-]=[N+]=N[C@@H](c1ccc2c(c1)OCCO2)[C@@H](CN1CCCC1)NC(=O)C(F)(F)c1cc2cc(Cl)ccc2o1. The quantitative estimate of drug-likeness (QED) is 0.231. The summed E-state index contributed by atoms with van der Waals surface area (Å²) in [4.78, 5) is 18.0. The third-order valence-corrected chi connectivity index (χ3v) is 6.74. The number of nitrogens with one attached hydrogen (secondary N) is 1. The van der Waals surface area contributed by atoms with Crippen molar-refractivity contribution in [2.75, 3.05) is 32.8 Å². The summed E-state index contributed by atoms with van der Waals surface area (Å²) in [5.41, 5.74) is 10.0. The number of hydrogen-bond donors (Lipinski definition) is 1. The van der Waals surface area contributed by atoms with E-state index in [0.717, 1.165) is 32.0 Å². The van der Waals surface area contributed by atoms with Crippen molar-refractivity contribution in [1.82, 2.24) is 10.2 Å². The molecule has 12 heteroatoms. The Morgan fingerprint density at radius 2 is 1.89 bits per heavy atom. The van der Waals surface area contributed by atoms with Crippen molar-refractivity contribution >= 4 is 28.5 Å². The van der Waals surface area contributed by atoms with Gasteiger partial charge in [-0.3, -0.25) is 4.79 Å². The first kappa shape index (κ1) is 25.1. The van der Waals surface area contributed by atoms with E-state index in [2.05, 4.69) is 15.3 Å². The first-order chi connectivity index (χ1) is 17.8. The maximum atomic E-state index is 15.3. The molecule has 0 unspecified atom stereocenters. The summed E-state index contributed by atoms with van der Waals surface area (Å²) >= 11 is 5.95. The Kier molecular flexibility index (Phi) is 7.10. The normalized spacial score (nSPS) is 17.3. The molecular weight excluding hydrogens is 508 g/mol. The number of alkyl halides is 2. The molecule has 1 fully saturated rings. The van der Waals surface area contributed by atoms with Gasteiger partial charge in [0.15, 0.2) is 17.3 Å². The second-order valence-electron chi connectivity index (χ2n) is 9.01. The number of azide groups is 1. The zero-order valence-corrected chi connectivity index (χ0v) is 20.5. The largest absolute Gasteiger partial charge is 0.486 e. The van der Waals surface area contributed by atoms with Crippen LogP contribution in [0.5, 0.6) is 11.5 Å². The Labute approximate surface area is 215 Å². The van der Waals surface area contributed by atoms with Gasteiger partial charge in [0.25, 0.3) is 5.91 Å². The van der Waals surface area contributed by atoms with Gasteiger partial charge in [0.2, 0.25) is 0 Å². The number of fused-ring (bicyclic) bond motifs is 2. The lowest BCUT2D eigenvalue weighted by Gasteiger charge is -2.30. The summed E-state index contributed by atoms with van der Waals surface area (Å²) in [6.07, 6.45) is 1.91. The van der Waals surface area contributed by atoms with Crippen molar-refractivity contribution in [3.05, 3.63) is 69.3 Å². The second kappa shape index (κ2) is 10.5. The minimum absolute atomic E-state index is 0.184. The lowest BCUT2D eigenvalue weighted by Crippen LogP contribution is -2.50. The number of benzene rings is 2. The van der Waals surface area contributed by atoms with Crippen LogP contribution in [0.15, 0.2) is 52.0 Å². The van der Waals surface area contributed by atoms with E-state index in [-0.39, 0.29) is 12.1 Å². The number of carbonyl (C=O) groups is 1. The van der Waals surface area contributed by atoms with E-state index in [0.29, 0.717) is 40.7 Å². The van der Waals surface area contributed by atoms with Gasteiger partial charge in [-0.05, 0) is 73.4 Å². The van der Waals surface area contributed by atoms with E-state index in [1.165, 1.54) is 18.2 Å². The van der Waals surface area contributed by atoms with Crippen LogP contribution in [0.3, 0.4) is 0 Å². The highest BCUT2D eigenvalue weighted by molar-refractivity contribution is 6.31. The van der Waals surface area contributed by atoms with Crippen LogP contribution in [-0.4, -0.2) is 49.7 Å². The predicted octanol–water partition coefficient (Wildman–Crippen LogP) is 5.58. The number of hydrogen-bond acceptors (Lipinski definition) is 6. The highest BCUT2D eigenvalue weighted by atomic mass is 35.5. The molecule has 37 heavy (non-hydrogen) atoms. The van der Waals surface area contributed by atoms with Gasteiger partial charge in [-0.1, -0.05) is 22.8 Å². The fourth-order valence-corrected chi connectivity index (χ4v) is 4.87. The molecule has 0 bridgehead atoms. The molecule has 0 spiro atoms. The van der Waals surface area contributed by atoms with Crippen LogP contribution in [-0.2, 0) is 10.7 Å². The average molecular weight is 532 g/mol. The molecular formula is C25H24ClF2N5O4. The van der Waals surface area contributed by atoms with Crippen molar-refractivity contribution in [1.29, 1.82) is 0 Å². The summed E-state index contributed by atoms with van der Waals surface area (Å²) in [6, 6.07) is 8.63. The molecule has 1 aromatic heterocycles. The van der Waals surface area contributed by atoms with Gasteiger partial charge >= 0.3 is 5.92 Å². The van der Waals surface area contributed by atoms with Gasteiger partial charge in [-0.15, -0.1) is 0 Å². The van der Waals surface area contributed by atoms with Gasteiger partial charge in [-0.2, -0.15) is 8.78 Å². The van der Waals surface area contributed by atoms with E-state index in [4.69, 9.17) is 25.5 Å². The Morgan fingerprint density at radius 3 is 2.65 bits per heavy atom. The van der Waals surface area contributed by atoms with Crippen LogP contribution < -0.4 is 14.8 Å². The smallest absolute Gasteiger partial charge is 0.380 e. The molecule has 1 amide bonds. The van der Waals surface area contributed by atoms with E-state index < -0.39 is 29.7 Å². The predicted molar refractivity (Wildman–Crippen MR) is 132 cm³/mol. The number of halogens is 3. The van der Waals surface area contributed by atoms with Crippen molar-refractivity contribution < 1.29 is 27.5 Å². The number of ether oxygens (including phenoxy) is 2. The Bertz CT molecular complexity index is 1350. The van der Waals surface area contributed by atoms with E-state index in [1.54, 1.807) is 18.2 Å². The van der Waals surface area contributed by atoms with Gasteiger partial charge in [0.1, 0.15) is 18.8 Å². The molecule has 9 nitrogen and oxygen atoms in total. The number of nitrogens with zero attached hydrogens (tertiary/aromatic N) is 4. The third kappa shape index (κ3) is 5.29. The van der Waals surface area contributed by atoms with Crippen LogP contribution in [0.2, 0.25) is 5.02 Å². The minimum atomic E-state index is -3.98. The summed E-state index contributed by atoms with van der Waals surface area (Å²) in [5, 5.41) is 7.06. The standard InChI is InChI=1S/C25H24ClF2N5O4/c26-17-4-6-19-16(11-17)13-22(37-19)25(27,28)24(34)30-18(14-33-7-1-2-8-33)23(31-32-29)15-3-5-20-21(12-15)36-10-9-35-20/h3-6,11-13,18,23H,1-2,7-10,14H2,(H,30,34)/t18-,23+/m1/s1. The Morgan fingerprint density at radius 1 is 1.14 bits per heavy atom. The zero-order chi connectivity index (χ0) is 26.0. The molecule has 0 aliphatic carbocycles. The molecule has 2 aliphatic heterocycles. The Hall–Kier alpha value is -3.53. The van der Waals surface area contributed by atoms with Gasteiger partial charge in [-0.25, -0.2) is 0 Å². The fourth-order valence-electron chi connectivity index (χ4n) is 4.69. The van der Waals surface area contributed by atoms with E-state index >= 15 is 8.78 Å². The lowest BCUT2D eigenvalue weighted by atomic mass is 9.98. The van der Waals surface area contributed by atoms with Gasteiger partial charge < -0.3 is 24.1 Å². The molecule has 2 aliphatic rings. The molecule has 5 rings (SSSR count). The first-order valence-electron chi connectivity index (χ1n) is 11.9. The molecule has 3 aromatic rings. The number of likely N-dealkylation sites (tertiary alicyclic amines) is 1. The molecule has 3 heterocycles. The van der Waals surface area contributed by atoms with Crippen molar-refractivity contribution in [3.8, 4) is 11.5 Å². The van der Waals surface area contributed by atoms with E-state index in [9.17, 15) is 10.3 Å². The molecule has 1 saturated heterocycles. The third-order valence-electron chi connectivity index (χ3n) is 6.51. The first-order valence-corrected chi connectivity index (χ1v) is 12.3. The molecule has 194 valence electrons. The fraction of sp³-hybridized carbons (Fsp3) is 0.400. The summed E-state index contributed by atoms with van der Waals surface area (Å²) in [5.74, 6) is -5.35. The zero-order valence-electron chi connectivity index (χ0n) is 19.7. The highest BCUT2D eigenvalue weighted by Crippen LogP contribution is 2.37. The van der Waals surface area contributed by atoms with Gasteiger partial charge in [0, 0.05) is 21.9 Å². The maximum Gasteiger partial charge on any atom is 0.380 e. The van der Waals surface area contributed by atoms with Crippen molar-refractivity contribution in [2.45, 2.75) is 30.8 Å². The number of rotatable bonds is 8. The molecule has 2 aromatic carbocycles. The second-order valence-corrected chi connectivity index (χ2v) is 9.44. The van der Waals surface area contributed by atoms with Crippen LogP contribution >= 0.6 is 11.6 Å². The maximum absolute atomic E-state index is 15.3. The topological polar surface area (TPSA) is 113 Å². The number of furan rings is 1. The summed E-state index contributed by atoms with van der Waals surface area (Å²) in [6.45, 7) is 2.47. The van der Waals surface area contributed by atoms with Crippen LogP contribution in [0.4, 0.5) is 8.78 Å². The summed E-state index contributed by atoms with van der Waals surface area (Å²) in [7, 11) is 0. The Balaban J connectivity index is 1.45. The van der Waals surface area contributed by atoms with Crippen LogP contribution in [0, 0.1) is 0 Å². The molecule has 2 atom stereocenters. The van der Waals surface area contributed by atoms with Gasteiger partial charge in [0.05, 0.1) is 12.1 Å². The van der Waals surface area contributed by atoms with Crippen molar-refractivity contribution in [3.63, 3.8) is 0 Å². The minimum Gasteiger partial charge on any atom is -0.486 e. The van der Waals surface area contributed by atoms with E-state index in [1.807, 2.05) is 4.90 Å². The molecule has 0 saturated carbocycles.